The van der Waals surface area contributed by atoms with Crippen LogP contribution < -0.4 is 5.32 Å². The highest BCUT2D eigenvalue weighted by Crippen LogP contribution is 2.34. The van der Waals surface area contributed by atoms with Crippen LogP contribution in [0.3, 0.4) is 0 Å². The number of anilines is 1. The van der Waals surface area contributed by atoms with Crippen LogP contribution >= 0.6 is 11.6 Å². The summed E-state index contributed by atoms with van der Waals surface area (Å²) >= 11 is 6.00. The van der Waals surface area contributed by atoms with Gasteiger partial charge in [0.05, 0.1) is 11.7 Å². The number of aryl methyl sites for hydroxylation is 1. The number of hydrogen-bond donors (Lipinski definition) is 1. The van der Waals surface area contributed by atoms with Crippen LogP contribution in [0.4, 0.5) is 5.69 Å². The summed E-state index contributed by atoms with van der Waals surface area (Å²) in [5.74, 6) is 0. The SMILES string of the molecule is Clc1ccc2c(c1)CCC2Nc1cccnc1. The van der Waals surface area contributed by atoms with Crippen LogP contribution in [-0.2, 0) is 6.42 Å². The van der Waals surface area contributed by atoms with E-state index in [1.165, 1.54) is 11.1 Å². The molecule has 0 amide bonds. The first kappa shape index (κ1) is 10.6. The molecule has 0 saturated carbocycles. The van der Waals surface area contributed by atoms with E-state index in [0.717, 1.165) is 23.6 Å². The summed E-state index contributed by atoms with van der Waals surface area (Å²) in [6, 6.07) is 10.5. The van der Waals surface area contributed by atoms with Crippen molar-refractivity contribution in [3.8, 4) is 0 Å². The Balaban J connectivity index is 1.85. The Bertz CT molecular complexity index is 525. The van der Waals surface area contributed by atoms with Crippen molar-refractivity contribution in [1.82, 2.24) is 4.98 Å². The zero-order valence-corrected chi connectivity index (χ0v) is 10.1. The smallest absolute Gasteiger partial charge is 0.0531 e. The maximum atomic E-state index is 6.00. The fraction of sp³-hybridized carbons (Fsp3) is 0.214. The normalized spacial score (nSPS) is 17.8. The largest absolute Gasteiger partial charge is 0.377 e. The van der Waals surface area contributed by atoms with Gasteiger partial charge in [0.15, 0.2) is 0 Å². The molecule has 17 heavy (non-hydrogen) atoms. The van der Waals surface area contributed by atoms with E-state index >= 15 is 0 Å². The molecule has 1 aromatic carbocycles. The number of fused-ring (bicyclic) bond motifs is 1. The molecule has 1 heterocycles. The second-order valence-electron chi connectivity index (χ2n) is 4.32. The lowest BCUT2D eigenvalue weighted by molar-refractivity contribution is 0.761. The minimum absolute atomic E-state index is 0.381. The van der Waals surface area contributed by atoms with Crippen LogP contribution in [0, 0.1) is 0 Å². The van der Waals surface area contributed by atoms with Crippen molar-refractivity contribution in [2.24, 2.45) is 0 Å². The van der Waals surface area contributed by atoms with Crippen LogP contribution in [0.5, 0.6) is 0 Å². The zero-order chi connectivity index (χ0) is 11.7. The summed E-state index contributed by atoms with van der Waals surface area (Å²) in [5, 5.41) is 4.34. The van der Waals surface area contributed by atoms with Gasteiger partial charge in [0.1, 0.15) is 0 Å². The Morgan fingerprint density at radius 3 is 3.06 bits per heavy atom. The average Bonchev–Trinajstić information content (AvgIpc) is 2.73. The highest BCUT2D eigenvalue weighted by atomic mass is 35.5. The van der Waals surface area contributed by atoms with E-state index < -0.39 is 0 Å². The first-order valence-electron chi connectivity index (χ1n) is 5.78. The van der Waals surface area contributed by atoms with Gasteiger partial charge in [-0.3, -0.25) is 4.98 Å². The van der Waals surface area contributed by atoms with Crippen LogP contribution in [0.1, 0.15) is 23.6 Å². The molecule has 86 valence electrons. The number of nitrogens with one attached hydrogen (secondary N) is 1. The molecule has 3 rings (SSSR count). The number of rotatable bonds is 2. The van der Waals surface area contributed by atoms with Crippen LogP contribution in [0.2, 0.25) is 5.02 Å². The molecule has 1 N–H and O–H groups in total. The zero-order valence-electron chi connectivity index (χ0n) is 9.36. The predicted octanol–water partition coefficient (Wildman–Crippen LogP) is 3.83. The number of nitrogens with zero attached hydrogens (tertiary/aromatic N) is 1. The summed E-state index contributed by atoms with van der Waals surface area (Å²) in [6.07, 6.45) is 5.85. The molecule has 0 saturated heterocycles. The van der Waals surface area contributed by atoms with Crippen molar-refractivity contribution in [1.29, 1.82) is 0 Å². The fourth-order valence-electron chi connectivity index (χ4n) is 2.39. The summed E-state index contributed by atoms with van der Waals surface area (Å²) in [5.41, 5.74) is 3.79. The summed E-state index contributed by atoms with van der Waals surface area (Å²) in [7, 11) is 0. The molecule has 1 unspecified atom stereocenters. The van der Waals surface area contributed by atoms with Gasteiger partial charge in [0, 0.05) is 17.4 Å². The second kappa shape index (κ2) is 4.38. The Morgan fingerprint density at radius 2 is 2.24 bits per heavy atom. The Labute approximate surface area is 106 Å². The molecule has 1 aliphatic carbocycles. The lowest BCUT2D eigenvalue weighted by Crippen LogP contribution is -2.06. The van der Waals surface area contributed by atoms with Crippen LogP contribution in [0.25, 0.3) is 0 Å². The topological polar surface area (TPSA) is 24.9 Å². The lowest BCUT2D eigenvalue weighted by Gasteiger charge is -2.15. The summed E-state index contributed by atoms with van der Waals surface area (Å²) in [4.78, 5) is 4.11. The monoisotopic (exact) mass is 244 g/mol. The van der Waals surface area contributed by atoms with Gasteiger partial charge in [-0.1, -0.05) is 17.7 Å². The third-order valence-corrected chi connectivity index (χ3v) is 3.42. The Hall–Kier alpha value is -1.54. The molecule has 0 radical (unpaired) electrons. The number of aromatic nitrogens is 1. The van der Waals surface area contributed by atoms with Gasteiger partial charge >= 0.3 is 0 Å². The van der Waals surface area contributed by atoms with Crippen molar-refractivity contribution >= 4 is 17.3 Å². The first-order valence-corrected chi connectivity index (χ1v) is 6.15. The van der Waals surface area contributed by atoms with Crippen molar-refractivity contribution < 1.29 is 0 Å². The molecular formula is C14H13ClN2. The van der Waals surface area contributed by atoms with Gasteiger partial charge < -0.3 is 5.32 Å². The number of benzene rings is 1. The molecule has 1 aromatic heterocycles. The quantitative estimate of drug-likeness (QED) is 0.868. The lowest BCUT2D eigenvalue weighted by atomic mass is 10.1. The van der Waals surface area contributed by atoms with E-state index in [9.17, 15) is 0 Å². The van der Waals surface area contributed by atoms with Gasteiger partial charge in [-0.05, 0) is 48.2 Å². The van der Waals surface area contributed by atoms with Crippen LogP contribution in [0.15, 0.2) is 42.7 Å². The van der Waals surface area contributed by atoms with Gasteiger partial charge in [0.2, 0.25) is 0 Å². The maximum absolute atomic E-state index is 6.00. The molecule has 2 aromatic rings. The van der Waals surface area contributed by atoms with Crippen LogP contribution in [-0.4, -0.2) is 4.98 Å². The van der Waals surface area contributed by atoms with Gasteiger partial charge in [0.25, 0.3) is 0 Å². The van der Waals surface area contributed by atoms with Crippen molar-refractivity contribution in [2.45, 2.75) is 18.9 Å². The molecule has 1 atom stereocenters. The van der Waals surface area contributed by atoms with E-state index in [4.69, 9.17) is 11.6 Å². The third kappa shape index (κ3) is 2.13. The number of halogens is 1. The molecule has 2 nitrogen and oxygen atoms in total. The van der Waals surface area contributed by atoms with Crippen molar-refractivity contribution in [2.75, 3.05) is 5.32 Å². The molecule has 0 spiro atoms. The minimum Gasteiger partial charge on any atom is -0.377 e. The van der Waals surface area contributed by atoms with E-state index in [2.05, 4.69) is 22.4 Å². The molecule has 0 bridgehead atoms. The molecular weight excluding hydrogens is 232 g/mol. The number of hydrogen-bond acceptors (Lipinski definition) is 2. The van der Waals surface area contributed by atoms with Crippen molar-refractivity contribution in [3.63, 3.8) is 0 Å². The molecule has 3 heteroatoms. The second-order valence-corrected chi connectivity index (χ2v) is 4.76. The van der Waals surface area contributed by atoms with Gasteiger partial charge in [-0.15, -0.1) is 0 Å². The standard InChI is InChI=1S/C14H13ClN2/c15-11-4-5-13-10(8-11)3-6-14(13)17-12-2-1-7-16-9-12/h1-2,4-5,7-9,14,17H,3,6H2. The first-order chi connectivity index (χ1) is 8.33. The molecule has 0 fully saturated rings. The van der Waals surface area contributed by atoms with Gasteiger partial charge in [-0.25, -0.2) is 0 Å². The van der Waals surface area contributed by atoms with E-state index in [0.29, 0.717) is 6.04 Å². The predicted molar refractivity (Wildman–Crippen MR) is 70.4 cm³/mol. The maximum Gasteiger partial charge on any atom is 0.0531 e. The van der Waals surface area contributed by atoms with Gasteiger partial charge in [-0.2, -0.15) is 0 Å². The Morgan fingerprint density at radius 1 is 1.29 bits per heavy atom. The molecule has 1 aliphatic rings. The van der Waals surface area contributed by atoms with E-state index in [1.54, 1.807) is 6.20 Å². The third-order valence-electron chi connectivity index (χ3n) is 3.19. The Kier molecular flexibility index (Phi) is 2.73. The van der Waals surface area contributed by atoms with Crippen molar-refractivity contribution in [3.05, 3.63) is 58.9 Å². The highest BCUT2D eigenvalue weighted by Gasteiger charge is 2.22. The summed E-state index contributed by atoms with van der Waals surface area (Å²) < 4.78 is 0. The highest BCUT2D eigenvalue weighted by molar-refractivity contribution is 6.30. The minimum atomic E-state index is 0.381. The summed E-state index contributed by atoms with van der Waals surface area (Å²) in [6.45, 7) is 0. The fourth-order valence-corrected chi connectivity index (χ4v) is 2.58. The average molecular weight is 245 g/mol. The molecule has 0 aliphatic heterocycles. The van der Waals surface area contributed by atoms with E-state index in [-0.39, 0.29) is 0 Å². The number of pyridine rings is 1. The van der Waals surface area contributed by atoms with E-state index in [1.807, 2.05) is 24.4 Å².